The van der Waals surface area contributed by atoms with E-state index in [1.807, 2.05) is 19.9 Å². The fourth-order valence-corrected chi connectivity index (χ4v) is 4.83. The number of hydrogen-bond acceptors (Lipinski definition) is 3. The minimum absolute atomic E-state index is 0.274. The van der Waals surface area contributed by atoms with Crippen molar-refractivity contribution in [3.63, 3.8) is 0 Å². The van der Waals surface area contributed by atoms with Gasteiger partial charge in [0.25, 0.3) is 5.91 Å². The summed E-state index contributed by atoms with van der Waals surface area (Å²) < 4.78 is 13.5. The van der Waals surface area contributed by atoms with E-state index in [1.165, 1.54) is 50.2 Å². The molecule has 4 rings (SSSR count). The summed E-state index contributed by atoms with van der Waals surface area (Å²) in [5, 5.41) is 2.94. The van der Waals surface area contributed by atoms with Crippen molar-refractivity contribution in [3.05, 3.63) is 58.9 Å². The number of benzene rings is 2. The summed E-state index contributed by atoms with van der Waals surface area (Å²) in [6, 6.07) is 11.2. The van der Waals surface area contributed by atoms with Gasteiger partial charge in [0.15, 0.2) is 0 Å². The Morgan fingerprint density at radius 2 is 1.93 bits per heavy atom. The highest BCUT2D eigenvalue weighted by Crippen LogP contribution is 2.29. The van der Waals surface area contributed by atoms with Crippen LogP contribution in [0.4, 0.5) is 15.8 Å². The molecule has 0 saturated carbocycles. The van der Waals surface area contributed by atoms with E-state index < -0.39 is 5.82 Å². The number of aryl methyl sites for hydroxylation is 2. The van der Waals surface area contributed by atoms with Gasteiger partial charge in [-0.05, 0) is 94.0 Å². The third-order valence-electron chi connectivity index (χ3n) is 6.74. The third-order valence-corrected chi connectivity index (χ3v) is 6.74. The second-order valence-corrected chi connectivity index (χ2v) is 9.00. The van der Waals surface area contributed by atoms with Crippen LogP contribution in [0.3, 0.4) is 0 Å². The minimum Gasteiger partial charge on any atom is -0.371 e. The van der Waals surface area contributed by atoms with Crippen molar-refractivity contribution in [1.82, 2.24) is 4.90 Å². The number of rotatable bonds is 5. The summed E-state index contributed by atoms with van der Waals surface area (Å²) in [6.45, 7) is 10.8. The Bertz CT molecular complexity index is 929. The van der Waals surface area contributed by atoms with Crippen molar-refractivity contribution in [2.75, 3.05) is 36.4 Å². The quantitative estimate of drug-likeness (QED) is 0.754. The van der Waals surface area contributed by atoms with E-state index in [0.29, 0.717) is 5.56 Å². The molecule has 1 amide bonds. The van der Waals surface area contributed by atoms with Crippen LogP contribution >= 0.6 is 0 Å². The van der Waals surface area contributed by atoms with Crippen molar-refractivity contribution in [2.45, 2.75) is 46.1 Å². The van der Waals surface area contributed by atoms with E-state index in [4.69, 9.17) is 0 Å². The third kappa shape index (κ3) is 4.51. The van der Waals surface area contributed by atoms with E-state index in [0.717, 1.165) is 41.9 Å². The second kappa shape index (κ2) is 8.76. The molecule has 2 saturated heterocycles. The molecule has 2 fully saturated rings. The lowest BCUT2D eigenvalue weighted by molar-refractivity contribution is 0.102. The van der Waals surface area contributed by atoms with Gasteiger partial charge in [0, 0.05) is 42.6 Å². The Kier molecular flexibility index (Phi) is 6.09. The lowest BCUT2D eigenvalue weighted by Crippen LogP contribution is -2.33. The average molecular weight is 410 g/mol. The number of anilines is 2. The van der Waals surface area contributed by atoms with Crippen LogP contribution in [-0.4, -0.2) is 43.0 Å². The second-order valence-electron chi connectivity index (χ2n) is 9.00. The molecular formula is C25H32FN3O. The van der Waals surface area contributed by atoms with Gasteiger partial charge in [-0.25, -0.2) is 4.39 Å². The number of carbonyl (C=O) groups is 1. The standard InChI is InChI=1S/C25H32FN3O/c1-17-6-7-21(26)14-23(17)25(30)27-24-9-8-22(13-18(24)2)29-12-10-20(16-29)15-28-11-4-5-19(28)3/h6-9,13-14,19-20H,4-5,10-12,15-16H2,1-3H3,(H,27,30). The number of halogens is 1. The zero-order valence-electron chi connectivity index (χ0n) is 18.2. The zero-order valence-corrected chi connectivity index (χ0v) is 18.2. The van der Waals surface area contributed by atoms with Crippen LogP contribution in [0.15, 0.2) is 36.4 Å². The molecule has 2 aromatic carbocycles. The predicted octanol–water partition coefficient (Wildman–Crippen LogP) is 5.01. The molecule has 30 heavy (non-hydrogen) atoms. The Labute approximate surface area is 179 Å². The normalized spacial score (nSPS) is 21.9. The maximum Gasteiger partial charge on any atom is 0.256 e. The molecule has 1 N–H and O–H groups in total. The first-order chi connectivity index (χ1) is 14.4. The Morgan fingerprint density at radius 1 is 1.10 bits per heavy atom. The number of carbonyl (C=O) groups excluding carboxylic acids is 1. The van der Waals surface area contributed by atoms with Gasteiger partial charge in [-0.15, -0.1) is 0 Å². The molecule has 0 bridgehead atoms. The largest absolute Gasteiger partial charge is 0.371 e. The molecule has 2 heterocycles. The Hall–Kier alpha value is -2.40. The maximum absolute atomic E-state index is 13.5. The van der Waals surface area contributed by atoms with Gasteiger partial charge in [-0.3, -0.25) is 4.79 Å². The highest BCUT2D eigenvalue weighted by atomic mass is 19.1. The fraction of sp³-hybridized carbons (Fsp3) is 0.480. The number of likely N-dealkylation sites (tertiary alicyclic amines) is 1. The van der Waals surface area contributed by atoms with Gasteiger partial charge in [0.2, 0.25) is 0 Å². The summed E-state index contributed by atoms with van der Waals surface area (Å²) in [6.07, 6.45) is 3.90. The average Bonchev–Trinajstić information content (AvgIpc) is 3.35. The van der Waals surface area contributed by atoms with Gasteiger partial charge in [-0.1, -0.05) is 6.07 Å². The van der Waals surface area contributed by atoms with Crippen LogP contribution in [0.2, 0.25) is 0 Å². The summed E-state index contributed by atoms with van der Waals surface area (Å²) in [4.78, 5) is 17.7. The highest BCUT2D eigenvalue weighted by molar-refractivity contribution is 6.05. The van der Waals surface area contributed by atoms with Crippen LogP contribution in [0.1, 0.15) is 47.7 Å². The van der Waals surface area contributed by atoms with Gasteiger partial charge in [-0.2, -0.15) is 0 Å². The van der Waals surface area contributed by atoms with E-state index in [2.05, 4.69) is 34.2 Å². The maximum atomic E-state index is 13.5. The minimum atomic E-state index is -0.398. The van der Waals surface area contributed by atoms with Gasteiger partial charge in [0.05, 0.1) is 0 Å². The molecule has 0 radical (unpaired) electrons. The van der Waals surface area contributed by atoms with Crippen LogP contribution in [0, 0.1) is 25.6 Å². The molecule has 0 aromatic heterocycles. The first kappa shape index (κ1) is 20.9. The first-order valence-electron chi connectivity index (χ1n) is 11.1. The highest BCUT2D eigenvalue weighted by Gasteiger charge is 2.28. The van der Waals surface area contributed by atoms with E-state index in [9.17, 15) is 9.18 Å². The zero-order chi connectivity index (χ0) is 21.3. The van der Waals surface area contributed by atoms with Crippen LogP contribution in [0.25, 0.3) is 0 Å². The monoisotopic (exact) mass is 409 g/mol. The van der Waals surface area contributed by atoms with Crippen LogP contribution in [-0.2, 0) is 0 Å². The number of amides is 1. The van der Waals surface area contributed by atoms with Crippen molar-refractivity contribution in [3.8, 4) is 0 Å². The lowest BCUT2D eigenvalue weighted by Gasteiger charge is -2.25. The first-order valence-corrected chi connectivity index (χ1v) is 11.1. The van der Waals surface area contributed by atoms with Crippen molar-refractivity contribution >= 4 is 17.3 Å². The van der Waals surface area contributed by atoms with Gasteiger partial charge >= 0.3 is 0 Å². The predicted molar refractivity (Wildman–Crippen MR) is 121 cm³/mol. The smallest absolute Gasteiger partial charge is 0.256 e. The van der Waals surface area contributed by atoms with Crippen LogP contribution < -0.4 is 10.2 Å². The van der Waals surface area contributed by atoms with Crippen molar-refractivity contribution < 1.29 is 9.18 Å². The summed E-state index contributed by atoms with van der Waals surface area (Å²) in [7, 11) is 0. The number of nitrogens with one attached hydrogen (secondary N) is 1. The lowest BCUT2D eigenvalue weighted by atomic mass is 10.1. The molecule has 5 heteroatoms. The fourth-order valence-electron chi connectivity index (χ4n) is 4.83. The molecule has 2 atom stereocenters. The van der Waals surface area contributed by atoms with Crippen molar-refractivity contribution in [1.29, 1.82) is 0 Å². The van der Waals surface area contributed by atoms with E-state index in [1.54, 1.807) is 6.07 Å². The van der Waals surface area contributed by atoms with Crippen LogP contribution in [0.5, 0.6) is 0 Å². The van der Waals surface area contributed by atoms with E-state index >= 15 is 0 Å². The topological polar surface area (TPSA) is 35.6 Å². The molecule has 2 unspecified atom stereocenters. The van der Waals surface area contributed by atoms with Gasteiger partial charge < -0.3 is 15.1 Å². The molecule has 160 valence electrons. The summed E-state index contributed by atoms with van der Waals surface area (Å²) in [5.74, 6) is 0.0507. The van der Waals surface area contributed by atoms with Gasteiger partial charge in [0.1, 0.15) is 5.82 Å². The number of hydrogen-bond donors (Lipinski definition) is 1. The molecular weight excluding hydrogens is 377 g/mol. The molecule has 2 aliphatic heterocycles. The SMILES string of the molecule is Cc1cc(N2CCC(CN3CCCC3C)C2)ccc1NC(=O)c1cc(F)ccc1C. The molecule has 2 aromatic rings. The molecule has 0 spiro atoms. The van der Waals surface area contributed by atoms with E-state index in [-0.39, 0.29) is 5.91 Å². The summed E-state index contributed by atoms with van der Waals surface area (Å²) >= 11 is 0. The number of nitrogens with zero attached hydrogens (tertiary/aromatic N) is 2. The Morgan fingerprint density at radius 3 is 2.67 bits per heavy atom. The van der Waals surface area contributed by atoms with Crippen molar-refractivity contribution in [2.24, 2.45) is 5.92 Å². The Balaban J connectivity index is 1.40. The molecule has 4 nitrogen and oxygen atoms in total. The molecule has 2 aliphatic rings. The summed E-state index contributed by atoms with van der Waals surface area (Å²) in [5.41, 5.74) is 4.14. The molecule has 0 aliphatic carbocycles.